The van der Waals surface area contributed by atoms with E-state index in [0.717, 1.165) is 49.8 Å². The topological polar surface area (TPSA) is 646 Å². The van der Waals surface area contributed by atoms with Crippen LogP contribution >= 0.6 is 37.0 Å². The molecule has 0 bridgehead atoms. The lowest BCUT2D eigenvalue weighted by atomic mass is 9.94. The van der Waals surface area contributed by atoms with Crippen molar-refractivity contribution >= 4 is 90.5 Å². The zero-order valence-electron chi connectivity index (χ0n) is 47.9. The fourth-order valence-corrected chi connectivity index (χ4v) is 12.3. The van der Waals surface area contributed by atoms with Crippen LogP contribution in [-0.2, 0) is 184 Å². The Labute approximate surface area is 537 Å². The highest BCUT2D eigenvalue weighted by molar-refractivity contribution is 7.90. The van der Waals surface area contributed by atoms with Crippen molar-refractivity contribution in [2.24, 2.45) is 5.73 Å². The van der Waals surface area contributed by atoms with Crippen LogP contribution in [0.2, 0.25) is 0 Å². The normalized spacial score (nSPS) is 37.4. The molecule has 0 spiro atoms. The van der Waals surface area contributed by atoms with Crippen LogP contribution in [0.3, 0.4) is 0 Å². The van der Waals surface area contributed by atoms with Gasteiger partial charge in [-0.1, -0.05) is 15.1 Å². The summed E-state index contributed by atoms with van der Waals surface area (Å²) in [5.41, 5.74) is 6.43. The molecule has 0 radical (unpaired) electrons. The summed E-state index contributed by atoms with van der Waals surface area (Å²) in [5, 5.41) is 58.8. The third-order valence-corrected chi connectivity index (χ3v) is 16.4. The van der Waals surface area contributed by atoms with E-state index < -0.39 is 239 Å². The lowest BCUT2D eigenvalue weighted by Crippen LogP contribution is -2.70. The van der Waals surface area contributed by atoms with Gasteiger partial charge in [0.25, 0.3) is 0 Å². The van der Waals surface area contributed by atoms with Crippen molar-refractivity contribution in [2.45, 2.75) is 153 Å². The van der Waals surface area contributed by atoms with E-state index in [2.05, 4.69) is 40.7 Å². The summed E-state index contributed by atoms with van der Waals surface area (Å²) >= 11 is -0.760. The van der Waals surface area contributed by atoms with Crippen molar-refractivity contribution in [1.82, 2.24) is 0 Å². The first-order chi connectivity index (χ1) is 43.8. The summed E-state index contributed by atoms with van der Waals surface area (Å²) in [6.07, 6.45) is -49.3. The quantitative estimate of drug-likeness (QED) is 0.00904. The number of carboxylic acids is 2. The Balaban J connectivity index is 1.59. The Morgan fingerprint density at radius 2 is 0.699 bits per heavy atom. The third-order valence-electron chi connectivity index (χ3n) is 13.4. The number of ether oxygens (including phenoxy) is 16. The van der Waals surface area contributed by atoms with E-state index >= 15 is 0 Å². The maximum atomic E-state index is 13.4. The van der Waals surface area contributed by atoms with Gasteiger partial charge in [0.05, 0.1) is 25.9 Å². The summed E-state index contributed by atoms with van der Waals surface area (Å²) in [7, 11) is -15.0. The molecule has 5 aliphatic rings. The fourth-order valence-electron chi connectivity index (χ4n) is 9.85. The van der Waals surface area contributed by atoms with Gasteiger partial charge >= 0.3 is 53.5 Å². The van der Waals surface area contributed by atoms with E-state index in [4.69, 9.17) is 114 Å². The highest BCUT2D eigenvalue weighted by Crippen LogP contribution is 2.42. The van der Waals surface area contributed by atoms with Crippen LogP contribution < -0.4 is 5.73 Å². The summed E-state index contributed by atoms with van der Waals surface area (Å²) < 4.78 is 276. The molecule has 49 nitrogen and oxygen atoms in total. The predicted molar refractivity (Wildman–Crippen MR) is 279 cm³/mol. The number of hydrogen-bond donors (Lipinski definition) is 10. The molecule has 0 aromatic carbocycles. The fraction of sp³-hybridized carbons (Fsp3) is 0.946. The lowest BCUT2D eigenvalue weighted by Gasteiger charge is -2.51. The van der Waals surface area contributed by atoms with Crippen LogP contribution in [0.15, 0.2) is 0 Å². The predicted octanol–water partition coefficient (Wildman–Crippen LogP) is -4.86. The van der Waals surface area contributed by atoms with Gasteiger partial charge in [-0.25, -0.2) is 42.1 Å². The maximum Gasteiger partial charge on any atom is 0.397 e. The third kappa shape index (κ3) is 23.2. The second-order valence-electron chi connectivity index (χ2n) is 18.5. The first-order valence-corrected chi connectivity index (χ1v) is 32.5. The van der Waals surface area contributed by atoms with Gasteiger partial charge in [-0.05, 0) is 0 Å². The molecule has 93 heavy (non-hydrogen) atoms. The van der Waals surface area contributed by atoms with E-state index in [9.17, 15) is 71.7 Å². The number of aliphatic carboxylic acids is 2. The van der Waals surface area contributed by atoms with Crippen LogP contribution in [0.25, 0.3) is 0 Å². The zero-order valence-corrected chi connectivity index (χ0v) is 53.7. The molecule has 0 saturated carbocycles. The van der Waals surface area contributed by atoms with Gasteiger partial charge in [0.2, 0.25) is 0 Å². The number of methoxy groups -OCH3 is 7. The SMILES string of the molecule is COC1C(OC)[C@H](O[C@H]2O[C@H](COS(=O)(=O)O)[C@@H](O[C@@H]3OC(C(=O)O)[C@H](O[C@@H]4OC(COS(=O)(=O)O)[C@H](OC)[C@H](OC)C4N)[C@H](OC)C3OC)C(OSOOO)C2OS(=O)(=O)O)[C@H](C(=O)O)O[C@@H]1O[C@H]1C(COS(=O)(=O)O)O[C@@H](OC)C(OSOOO)[C@H]1OSOOO. The molecule has 56 heteroatoms. The first-order valence-electron chi connectivity index (χ1n) is 25.0. The molecule has 25 atom stereocenters. The van der Waals surface area contributed by atoms with Crippen LogP contribution in [0.1, 0.15) is 0 Å². The van der Waals surface area contributed by atoms with Gasteiger partial charge in [0, 0.05) is 49.8 Å². The van der Waals surface area contributed by atoms with E-state index in [1.54, 1.807) is 0 Å². The molecule has 546 valence electrons. The van der Waals surface area contributed by atoms with E-state index in [1.807, 2.05) is 0 Å². The molecule has 0 amide bonds. The minimum absolute atomic E-state index is 0.128. The molecular formula is C37H63NO48S7. The molecule has 5 saturated heterocycles. The minimum Gasteiger partial charge on any atom is -0.479 e. The van der Waals surface area contributed by atoms with Crippen LogP contribution in [-0.4, -0.2) is 313 Å². The molecular weight excluding hydrogens is 1450 g/mol. The zero-order chi connectivity index (χ0) is 69.3. The average molecular weight is 1510 g/mol. The molecule has 5 rings (SSSR count). The van der Waals surface area contributed by atoms with Crippen LogP contribution in [0.5, 0.6) is 0 Å². The van der Waals surface area contributed by atoms with E-state index in [-0.39, 0.29) is 24.6 Å². The molecule has 5 fully saturated rings. The average Bonchev–Trinajstić information content (AvgIpc) is 0.772. The lowest BCUT2D eigenvalue weighted by molar-refractivity contribution is -0.436. The maximum absolute atomic E-state index is 13.4. The monoisotopic (exact) mass is 1510 g/mol. The van der Waals surface area contributed by atoms with E-state index in [0.29, 0.717) is 0 Å². The minimum atomic E-state index is -5.95. The van der Waals surface area contributed by atoms with Crippen molar-refractivity contribution in [3.8, 4) is 0 Å². The molecule has 0 aliphatic carbocycles. The van der Waals surface area contributed by atoms with Crippen LogP contribution in [0.4, 0.5) is 0 Å². The second kappa shape index (κ2) is 37.7. The molecule has 0 aromatic rings. The van der Waals surface area contributed by atoms with Crippen molar-refractivity contribution in [3.63, 3.8) is 0 Å². The molecule has 5 aliphatic heterocycles. The smallest absolute Gasteiger partial charge is 0.397 e. The van der Waals surface area contributed by atoms with Crippen molar-refractivity contribution in [2.75, 3.05) is 69.6 Å². The Morgan fingerprint density at radius 1 is 0.376 bits per heavy atom. The van der Waals surface area contributed by atoms with Gasteiger partial charge in [-0.15, -0.1) is 13.0 Å². The summed E-state index contributed by atoms with van der Waals surface area (Å²) in [6, 6.07) is -1.45. The number of hydrogen-bond acceptors (Lipinski definition) is 46. The van der Waals surface area contributed by atoms with Gasteiger partial charge in [0.15, 0.2) is 92.8 Å². The largest absolute Gasteiger partial charge is 0.479 e. The molecule has 10 unspecified atom stereocenters. The number of carbonyl (C=O) groups is 2. The Bertz CT molecular complexity index is 2750. The van der Waals surface area contributed by atoms with Gasteiger partial charge < -0.3 is 91.7 Å². The van der Waals surface area contributed by atoms with Crippen molar-refractivity contribution in [1.29, 1.82) is 0 Å². The molecule has 11 N–H and O–H groups in total. The summed E-state index contributed by atoms with van der Waals surface area (Å²) in [6.45, 7) is -3.74. The summed E-state index contributed by atoms with van der Waals surface area (Å²) in [5.74, 6) is -3.97. The highest BCUT2D eigenvalue weighted by Gasteiger charge is 2.62. The van der Waals surface area contributed by atoms with Gasteiger partial charge in [-0.2, -0.15) is 33.7 Å². The first kappa shape index (κ1) is 82.0. The van der Waals surface area contributed by atoms with E-state index in [1.165, 1.54) is 0 Å². The second-order valence-corrected chi connectivity index (χ2v) is 24.2. The number of nitrogens with two attached hydrogens (primary N) is 1. The highest BCUT2D eigenvalue weighted by atomic mass is 32.3. The number of rotatable bonds is 40. The van der Waals surface area contributed by atoms with Gasteiger partial charge in [-0.3, -0.25) is 30.8 Å². The van der Waals surface area contributed by atoms with Crippen LogP contribution in [0, 0.1) is 0 Å². The van der Waals surface area contributed by atoms with Crippen molar-refractivity contribution < 1.29 is 221 Å². The summed E-state index contributed by atoms with van der Waals surface area (Å²) in [4.78, 5) is 26.7. The molecule has 5 heterocycles. The Morgan fingerprint density at radius 3 is 1.04 bits per heavy atom. The van der Waals surface area contributed by atoms with Crippen molar-refractivity contribution in [3.05, 3.63) is 0 Å². The molecule has 0 aromatic heterocycles. The Kier molecular flexibility index (Phi) is 33.2. The van der Waals surface area contributed by atoms with Gasteiger partial charge in [0.1, 0.15) is 91.6 Å². The standard InChI is InChI=1S/C37H63NO48S7/c1-58-15-11(8-65-90(46,47)48)68-33(14(38)18(15)59-2)73-21-19(60-3)27(62-5)36(75-25(21)31(39)40)72-17-13(10-67-92(52,53)54)70-37(30(80-93(55,56)57)24(17)78-88-85-82-44)74-22-20(61-4)28(63-6)35(76-26(22)32(41)42)71-16-12(9-66-91(49,50)51)69-34(64-7)29(79-89-86-83-45)23(16)77-87-84-81-43/h11-30,33-37,43-45H,8-10,38H2,1-7H3,(H,39,40)(H,41,42)(H,46,47,48)(H,49,50,51)(H,52,53,54)(H,55,56,57)/t11?,12?,13-,14?,15+,16+,17-,18-,19+,20?,21-,22+,23+,24?,25?,26-,27?,28?,29?,30?,33+,34-,35+,36-,37-/m1/s1. The number of carboxylic acid groups (broad SMARTS) is 2. The Hall–Kier alpha value is -1.69.